The zero-order chi connectivity index (χ0) is 23.6. The monoisotopic (exact) mass is 462 g/mol. The standard InChI is InChI=1S/C23H29F3N6O/c1-15-2-4-16(5-3-15)11-32(18-6-7-18)22-20(24)21(29-14-30-22)28-10-17-8-9-31(12-19(27)33)13-23(17,25)26/h2-5,14,17-18H,6-13H2,1H3,(H2,27,33)(H,28,29,30). The molecule has 1 saturated carbocycles. The Morgan fingerprint density at radius 3 is 2.61 bits per heavy atom. The minimum Gasteiger partial charge on any atom is -0.369 e. The molecular weight excluding hydrogens is 433 g/mol. The van der Waals surface area contributed by atoms with E-state index in [1.165, 1.54) is 11.2 Å². The number of carbonyl (C=O) groups excluding carboxylic acids is 1. The highest BCUT2D eigenvalue weighted by atomic mass is 19.3. The summed E-state index contributed by atoms with van der Waals surface area (Å²) in [5.74, 6) is -5.21. The third-order valence-electron chi connectivity index (χ3n) is 6.23. The van der Waals surface area contributed by atoms with Gasteiger partial charge in [-0.25, -0.2) is 18.7 Å². The van der Waals surface area contributed by atoms with Crippen LogP contribution in [0.25, 0.3) is 0 Å². The highest BCUT2D eigenvalue weighted by Gasteiger charge is 2.44. The maximum atomic E-state index is 15.4. The van der Waals surface area contributed by atoms with Gasteiger partial charge in [0.05, 0.1) is 13.1 Å². The van der Waals surface area contributed by atoms with Crippen LogP contribution in [-0.4, -0.2) is 58.9 Å². The number of benzene rings is 1. The number of anilines is 2. The molecule has 0 bridgehead atoms. The molecule has 10 heteroatoms. The van der Waals surface area contributed by atoms with Crippen molar-refractivity contribution in [2.24, 2.45) is 11.7 Å². The van der Waals surface area contributed by atoms with Crippen LogP contribution in [0.15, 0.2) is 30.6 Å². The molecule has 7 nitrogen and oxygen atoms in total. The van der Waals surface area contributed by atoms with Crippen LogP contribution < -0.4 is 16.0 Å². The van der Waals surface area contributed by atoms with Gasteiger partial charge in [0, 0.05) is 25.0 Å². The fourth-order valence-corrected chi connectivity index (χ4v) is 4.22. The van der Waals surface area contributed by atoms with Crippen molar-refractivity contribution in [1.82, 2.24) is 14.9 Å². The summed E-state index contributed by atoms with van der Waals surface area (Å²) in [7, 11) is 0. The fraction of sp³-hybridized carbons (Fsp3) is 0.522. The van der Waals surface area contributed by atoms with Gasteiger partial charge in [-0.1, -0.05) is 29.8 Å². The number of likely N-dealkylation sites (tertiary alicyclic amines) is 1. The molecule has 2 fully saturated rings. The molecule has 0 spiro atoms. The van der Waals surface area contributed by atoms with Crippen LogP contribution in [0, 0.1) is 18.7 Å². The zero-order valence-corrected chi connectivity index (χ0v) is 18.6. The first kappa shape index (κ1) is 23.3. The van der Waals surface area contributed by atoms with Crippen molar-refractivity contribution in [2.45, 2.75) is 44.7 Å². The number of rotatable bonds is 9. The van der Waals surface area contributed by atoms with E-state index in [0.717, 1.165) is 24.0 Å². The van der Waals surface area contributed by atoms with Gasteiger partial charge in [0.25, 0.3) is 5.92 Å². The van der Waals surface area contributed by atoms with Crippen LogP contribution in [0.3, 0.4) is 0 Å². The van der Waals surface area contributed by atoms with E-state index in [9.17, 15) is 13.6 Å². The van der Waals surface area contributed by atoms with Gasteiger partial charge in [0.2, 0.25) is 11.7 Å². The Hall–Kier alpha value is -2.88. The van der Waals surface area contributed by atoms with Crippen LogP contribution in [-0.2, 0) is 11.3 Å². The molecule has 33 heavy (non-hydrogen) atoms. The Labute approximate surface area is 191 Å². The van der Waals surface area contributed by atoms with Gasteiger partial charge in [-0.15, -0.1) is 0 Å². The summed E-state index contributed by atoms with van der Waals surface area (Å²) in [5.41, 5.74) is 7.31. The molecule has 1 aromatic heterocycles. The molecule has 2 heterocycles. The van der Waals surface area contributed by atoms with Gasteiger partial charge in [-0.05, 0) is 38.3 Å². The SMILES string of the molecule is Cc1ccc(CN(c2ncnc(NCC3CCN(CC(N)=O)CC3(F)F)c2F)C2CC2)cc1. The van der Waals surface area contributed by atoms with Crippen LogP contribution >= 0.6 is 0 Å². The van der Waals surface area contributed by atoms with E-state index in [1.54, 1.807) is 0 Å². The smallest absolute Gasteiger partial charge is 0.265 e. The lowest BCUT2D eigenvalue weighted by atomic mass is 9.92. The van der Waals surface area contributed by atoms with Crippen molar-refractivity contribution in [3.8, 4) is 0 Å². The Kier molecular flexibility index (Phi) is 6.73. The average Bonchev–Trinajstić information content (AvgIpc) is 3.58. The second kappa shape index (κ2) is 9.54. The third kappa shape index (κ3) is 5.73. The molecule has 2 aliphatic rings. The summed E-state index contributed by atoms with van der Waals surface area (Å²) in [4.78, 5) is 22.5. The van der Waals surface area contributed by atoms with Crippen LogP contribution in [0.5, 0.6) is 0 Å². The van der Waals surface area contributed by atoms with Gasteiger partial charge in [0.1, 0.15) is 6.33 Å². The van der Waals surface area contributed by atoms with Crippen molar-refractivity contribution >= 4 is 17.5 Å². The molecule has 1 saturated heterocycles. The van der Waals surface area contributed by atoms with Crippen molar-refractivity contribution in [3.63, 3.8) is 0 Å². The quantitative estimate of drug-likeness (QED) is 0.596. The zero-order valence-electron chi connectivity index (χ0n) is 18.6. The number of carbonyl (C=O) groups is 1. The van der Waals surface area contributed by atoms with E-state index in [4.69, 9.17) is 5.73 Å². The molecule has 3 N–H and O–H groups in total. The molecule has 4 rings (SSSR count). The Morgan fingerprint density at radius 1 is 1.24 bits per heavy atom. The van der Waals surface area contributed by atoms with E-state index in [1.807, 2.05) is 36.1 Å². The number of hydrogen-bond donors (Lipinski definition) is 2. The second-order valence-corrected chi connectivity index (χ2v) is 9.01. The van der Waals surface area contributed by atoms with Crippen molar-refractivity contribution in [2.75, 3.05) is 36.4 Å². The summed E-state index contributed by atoms with van der Waals surface area (Å²) in [6, 6.07) is 8.24. The molecule has 2 aromatic rings. The molecule has 178 valence electrons. The lowest BCUT2D eigenvalue weighted by Crippen LogP contribution is -2.52. The molecule has 1 unspecified atom stereocenters. The molecule has 0 radical (unpaired) electrons. The average molecular weight is 463 g/mol. The summed E-state index contributed by atoms with van der Waals surface area (Å²) in [6.07, 6.45) is 3.33. The first-order valence-electron chi connectivity index (χ1n) is 11.2. The Balaban J connectivity index is 1.44. The lowest BCUT2D eigenvalue weighted by molar-refractivity contribution is -0.127. The molecule has 1 aromatic carbocycles. The van der Waals surface area contributed by atoms with Crippen molar-refractivity contribution in [1.29, 1.82) is 0 Å². The van der Waals surface area contributed by atoms with E-state index in [-0.39, 0.29) is 37.2 Å². The maximum Gasteiger partial charge on any atom is 0.265 e. The topological polar surface area (TPSA) is 87.4 Å². The van der Waals surface area contributed by atoms with Gasteiger partial charge in [0.15, 0.2) is 11.6 Å². The number of hydrogen-bond acceptors (Lipinski definition) is 6. The van der Waals surface area contributed by atoms with Crippen molar-refractivity contribution in [3.05, 3.63) is 47.5 Å². The van der Waals surface area contributed by atoms with Crippen molar-refractivity contribution < 1.29 is 18.0 Å². The maximum absolute atomic E-state index is 15.4. The lowest BCUT2D eigenvalue weighted by Gasteiger charge is -2.37. The van der Waals surface area contributed by atoms with Gasteiger partial charge >= 0.3 is 0 Å². The van der Waals surface area contributed by atoms with Crippen LogP contribution in [0.2, 0.25) is 0 Å². The number of nitrogens with zero attached hydrogens (tertiary/aromatic N) is 4. The first-order chi connectivity index (χ1) is 15.7. The van der Waals surface area contributed by atoms with E-state index >= 15 is 4.39 Å². The number of nitrogens with two attached hydrogens (primary N) is 1. The number of aryl methyl sites for hydroxylation is 1. The summed E-state index contributed by atoms with van der Waals surface area (Å²) < 4.78 is 44.5. The molecule has 1 aliphatic heterocycles. The Bertz CT molecular complexity index is 983. The third-order valence-corrected chi connectivity index (χ3v) is 6.23. The van der Waals surface area contributed by atoms with Gasteiger partial charge in [-0.2, -0.15) is 4.39 Å². The largest absolute Gasteiger partial charge is 0.369 e. The number of amides is 1. The van der Waals surface area contributed by atoms with Crippen LogP contribution in [0.1, 0.15) is 30.4 Å². The minimum absolute atomic E-state index is 0.0788. The normalized spacial score (nSPS) is 20.4. The molecule has 1 amide bonds. The molecule has 1 atom stereocenters. The van der Waals surface area contributed by atoms with E-state index < -0.39 is 30.1 Å². The van der Waals surface area contributed by atoms with Gasteiger partial charge < -0.3 is 16.0 Å². The number of primary amides is 1. The minimum atomic E-state index is -3.03. The molecule has 1 aliphatic carbocycles. The summed E-state index contributed by atoms with van der Waals surface area (Å²) in [5, 5.41) is 2.78. The summed E-state index contributed by atoms with van der Waals surface area (Å²) >= 11 is 0. The first-order valence-corrected chi connectivity index (χ1v) is 11.2. The van der Waals surface area contributed by atoms with Gasteiger partial charge in [-0.3, -0.25) is 9.69 Å². The van der Waals surface area contributed by atoms with E-state index in [0.29, 0.717) is 13.1 Å². The highest BCUT2D eigenvalue weighted by Crippen LogP contribution is 2.36. The number of alkyl halides is 2. The molecular formula is C23H29F3N6O. The predicted octanol–water partition coefficient (Wildman–Crippen LogP) is 2.95. The van der Waals surface area contributed by atoms with E-state index in [2.05, 4.69) is 15.3 Å². The number of piperidine rings is 1. The highest BCUT2D eigenvalue weighted by molar-refractivity contribution is 5.75. The predicted molar refractivity (Wildman–Crippen MR) is 120 cm³/mol. The number of aromatic nitrogens is 2. The Morgan fingerprint density at radius 2 is 1.97 bits per heavy atom. The second-order valence-electron chi connectivity index (χ2n) is 9.01. The number of halogens is 3. The number of nitrogens with one attached hydrogen (secondary N) is 1. The van der Waals surface area contributed by atoms with Crippen LogP contribution in [0.4, 0.5) is 24.8 Å². The fourth-order valence-electron chi connectivity index (χ4n) is 4.22. The summed E-state index contributed by atoms with van der Waals surface area (Å²) in [6.45, 7) is 1.97.